The van der Waals surface area contributed by atoms with Gasteiger partial charge < -0.3 is 9.80 Å². The summed E-state index contributed by atoms with van der Waals surface area (Å²) in [6.45, 7) is 6.51. The Morgan fingerprint density at radius 1 is 0.833 bits per heavy atom. The average Bonchev–Trinajstić information content (AvgIpc) is 2.39. The van der Waals surface area contributed by atoms with Gasteiger partial charge in [0.05, 0.1) is 0 Å². The lowest BCUT2D eigenvalue weighted by Crippen LogP contribution is -2.50. The molecule has 0 aromatic carbocycles. The second-order valence-corrected chi connectivity index (χ2v) is 3.47. The van der Waals surface area contributed by atoms with Gasteiger partial charge in [-0.25, -0.2) is 0 Å². The molecule has 0 N–H and O–H groups in total. The fourth-order valence-electron chi connectivity index (χ4n) is 1.65. The number of alkyl halides is 1. The van der Waals surface area contributed by atoms with Crippen LogP contribution in [0.2, 0.25) is 0 Å². The first-order valence-corrected chi connectivity index (χ1v) is 7.21. The van der Waals surface area contributed by atoms with Crippen molar-refractivity contribution < 1.29 is 9.59 Å². The number of amides is 2. The molecule has 1 rings (SSSR count). The fraction of sp³-hybridized carbons (Fsp3) is 0.818. The fourth-order valence-corrected chi connectivity index (χ4v) is 1.65. The molecule has 0 aliphatic carbocycles. The lowest BCUT2D eigenvalue weighted by Gasteiger charge is -2.34. The number of hydrogen-bond acceptors (Lipinski definition) is 2. The van der Waals surface area contributed by atoms with Gasteiger partial charge in [-0.15, -0.1) is 34.0 Å². The molecule has 2 amide bonds. The van der Waals surface area contributed by atoms with E-state index in [9.17, 15) is 9.59 Å². The van der Waals surface area contributed by atoms with Gasteiger partial charge in [-0.1, -0.05) is 29.8 Å². The smallest absolute Gasteiger partial charge is 0.222 e. The van der Waals surface area contributed by atoms with E-state index in [1.165, 1.54) is 0 Å². The topological polar surface area (TPSA) is 40.6 Å². The van der Waals surface area contributed by atoms with Crippen LogP contribution in [0.25, 0.3) is 0 Å². The summed E-state index contributed by atoms with van der Waals surface area (Å²) in [5.41, 5.74) is 0. The summed E-state index contributed by atoms with van der Waals surface area (Å²) in [6.07, 6.45) is 1.11. The first kappa shape index (κ1) is 23.5. The van der Waals surface area contributed by atoms with Crippen molar-refractivity contribution in [3.05, 3.63) is 0 Å². The molecule has 0 aromatic heterocycles. The van der Waals surface area contributed by atoms with Crippen molar-refractivity contribution in [3.8, 4) is 0 Å². The highest BCUT2D eigenvalue weighted by Gasteiger charge is 2.21. The van der Waals surface area contributed by atoms with Gasteiger partial charge in [0.2, 0.25) is 11.8 Å². The number of nitrogens with zero attached hydrogens (tertiary/aromatic N) is 2. The lowest BCUT2D eigenvalue weighted by atomic mass is 10.2. The standard InChI is InChI=1S/C10H18N2O2.CH3Br.2BrH/c1-3-9(13)11-5-7-12(8-6-11)10(14)4-2;1-2;;/h3-8H2,1-2H3;1H3;2*1H. The van der Waals surface area contributed by atoms with E-state index in [-0.39, 0.29) is 45.8 Å². The Morgan fingerprint density at radius 3 is 1.22 bits per heavy atom. The molecule has 0 aromatic rings. The van der Waals surface area contributed by atoms with Gasteiger partial charge in [-0.2, -0.15) is 0 Å². The third kappa shape index (κ3) is 7.74. The third-order valence-electron chi connectivity index (χ3n) is 2.59. The molecule has 1 saturated heterocycles. The Hall–Kier alpha value is 0.380. The van der Waals surface area contributed by atoms with Gasteiger partial charge >= 0.3 is 0 Å². The van der Waals surface area contributed by atoms with E-state index in [1.807, 2.05) is 29.5 Å². The van der Waals surface area contributed by atoms with Crippen LogP contribution in [-0.2, 0) is 9.59 Å². The Morgan fingerprint density at radius 2 is 1.06 bits per heavy atom. The molecule has 110 valence electrons. The highest BCUT2D eigenvalue weighted by Crippen LogP contribution is 2.04. The van der Waals surface area contributed by atoms with E-state index in [1.54, 1.807) is 0 Å². The van der Waals surface area contributed by atoms with E-state index < -0.39 is 0 Å². The van der Waals surface area contributed by atoms with Crippen LogP contribution < -0.4 is 0 Å². The van der Waals surface area contributed by atoms with Crippen LogP contribution >= 0.6 is 49.9 Å². The number of halogens is 3. The Kier molecular flexibility index (Phi) is 18.0. The molecule has 1 aliphatic heterocycles. The van der Waals surface area contributed by atoms with Crippen molar-refractivity contribution in [1.82, 2.24) is 9.80 Å². The molecule has 0 atom stereocenters. The van der Waals surface area contributed by atoms with Crippen molar-refractivity contribution in [3.63, 3.8) is 0 Å². The molecule has 1 aliphatic rings. The number of hydrogen-bond donors (Lipinski definition) is 0. The Balaban J connectivity index is -0.000000534. The van der Waals surface area contributed by atoms with Gasteiger partial charge in [-0.05, 0) is 5.83 Å². The summed E-state index contributed by atoms with van der Waals surface area (Å²) >= 11 is 2.94. The molecular weight excluding hydrogens is 432 g/mol. The predicted molar refractivity (Wildman–Crippen MR) is 89.2 cm³/mol. The van der Waals surface area contributed by atoms with Gasteiger partial charge in [0, 0.05) is 39.0 Å². The molecule has 0 unspecified atom stereocenters. The summed E-state index contributed by atoms with van der Waals surface area (Å²) < 4.78 is 0. The van der Waals surface area contributed by atoms with Crippen LogP contribution in [0, 0.1) is 0 Å². The van der Waals surface area contributed by atoms with Crippen molar-refractivity contribution in [2.45, 2.75) is 26.7 Å². The van der Waals surface area contributed by atoms with E-state index in [2.05, 4.69) is 15.9 Å². The van der Waals surface area contributed by atoms with Crippen LogP contribution in [0.4, 0.5) is 0 Å². The minimum atomic E-state index is 0. The van der Waals surface area contributed by atoms with Crippen LogP contribution in [0.1, 0.15) is 26.7 Å². The Labute approximate surface area is 139 Å². The Bertz CT molecular complexity index is 208. The monoisotopic (exact) mass is 452 g/mol. The minimum Gasteiger partial charge on any atom is -0.339 e. The lowest BCUT2D eigenvalue weighted by molar-refractivity contribution is -0.139. The summed E-state index contributed by atoms with van der Waals surface area (Å²) in [5.74, 6) is 2.19. The molecular formula is C11H23Br3N2O2. The van der Waals surface area contributed by atoms with Gasteiger partial charge in [-0.3, -0.25) is 9.59 Å². The SMILES string of the molecule is Br.Br.CBr.CCC(=O)N1CCN(C(=O)CC)CC1. The number of piperazine rings is 1. The summed E-state index contributed by atoms with van der Waals surface area (Å²) in [5, 5.41) is 0. The van der Waals surface area contributed by atoms with Gasteiger partial charge in [0.1, 0.15) is 0 Å². The van der Waals surface area contributed by atoms with Crippen molar-refractivity contribution in [1.29, 1.82) is 0 Å². The average molecular weight is 455 g/mol. The van der Waals surface area contributed by atoms with Crippen molar-refractivity contribution in [2.75, 3.05) is 32.0 Å². The quantitative estimate of drug-likeness (QED) is 0.602. The zero-order valence-electron chi connectivity index (χ0n) is 11.1. The first-order chi connectivity index (χ1) is 7.69. The maximum Gasteiger partial charge on any atom is 0.222 e. The van der Waals surface area contributed by atoms with E-state index >= 15 is 0 Å². The third-order valence-corrected chi connectivity index (χ3v) is 2.59. The molecule has 4 nitrogen and oxygen atoms in total. The second kappa shape index (κ2) is 13.8. The summed E-state index contributed by atoms with van der Waals surface area (Å²) in [7, 11) is 0. The van der Waals surface area contributed by atoms with Crippen LogP contribution in [0.5, 0.6) is 0 Å². The van der Waals surface area contributed by atoms with E-state index in [0.29, 0.717) is 39.0 Å². The molecule has 1 heterocycles. The number of carbonyl (C=O) groups excluding carboxylic acids is 2. The number of rotatable bonds is 2. The maximum absolute atomic E-state index is 11.3. The van der Waals surface area contributed by atoms with Gasteiger partial charge in [0.15, 0.2) is 0 Å². The molecule has 0 radical (unpaired) electrons. The minimum absolute atomic E-state index is 0. The summed E-state index contributed by atoms with van der Waals surface area (Å²) in [4.78, 5) is 26.3. The van der Waals surface area contributed by atoms with Crippen LogP contribution in [0.3, 0.4) is 0 Å². The second-order valence-electron chi connectivity index (χ2n) is 3.47. The first-order valence-electron chi connectivity index (χ1n) is 5.62. The van der Waals surface area contributed by atoms with Crippen LogP contribution in [-0.4, -0.2) is 53.6 Å². The zero-order chi connectivity index (χ0) is 12.6. The zero-order valence-corrected chi connectivity index (χ0v) is 16.2. The molecule has 0 spiro atoms. The number of carbonyl (C=O) groups is 2. The largest absolute Gasteiger partial charge is 0.339 e. The molecule has 18 heavy (non-hydrogen) atoms. The van der Waals surface area contributed by atoms with Crippen molar-refractivity contribution >= 4 is 61.7 Å². The molecule has 7 heteroatoms. The molecule has 0 saturated carbocycles. The van der Waals surface area contributed by atoms with Crippen molar-refractivity contribution in [2.24, 2.45) is 0 Å². The van der Waals surface area contributed by atoms with E-state index in [4.69, 9.17) is 0 Å². The van der Waals surface area contributed by atoms with Crippen LogP contribution in [0.15, 0.2) is 0 Å². The van der Waals surface area contributed by atoms with Gasteiger partial charge in [0.25, 0.3) is 0 Å². The van der Waals surface area contributed by atoms with E-state index in [0.717, 1.165) is 0 Å². The molecule has 1 fully saturated rings. The molecule has 0 bridgehead atoms. The highest BCUT2D eigenvalue weighted by atomic mass is 79.9. The normalized spacial score (nSPS) is 13.6. The maximum atomic E-state index is 11.3. The predicted octanol–water partition coefficient (Wildman–Crippen LogP) is 2.64. The summed E-state index contributed by atoms with van der Waals surface area (Å²) in [6, 6.07) is 0. The highest BCUT2D eigenvalue weighted by molar-refractivity contribution is 9.08.